The van der Waals surface area contributed by atoms with Crippen LogP contribution in [-0.2, 0) is 4.79 Å². The molecule has 0 bridgehead atoms. The first-order valence-electron chi connectivity index (χ1n) is 8.50. The standard InChI is InChI=1S/C17H20F3N5O2/c1-27-14-3-2-12-15(23-14)13(4-5-21-12)25-10-8-24(9-11-25)7-6-22-16(26)17(18,19)20/h2-5H,6-11H2,1H3,(H,22,26). The van der Waals surface area contributed by atoms with Gasteiger partial charge in [0.2, 0.25) is 5.88 Å². The maximum atomic E-state index is 12.2. The number of hydrogen-bond acceptors (Lipinski definition) is 6. The van der Waals surface area contributed by atoms with Gasteiger partial charge in [0.25, 0.3) is 0 Å². The molecule has 0 aliphatic carbocycles. The minimum atomic E-state index is -4.84. The first-order valence-corrected chi connectivity index (χ1v) is 8.50. The van der Waals surface area contributed by atoms with Crippen LogP contribution in [0, 0.1) is 0 Å². The number of piperazine rings is 1. The van der Waals surface area contributed by atoms with Crippen molar-refractivity contribution >= 4 is 22.6 Å². The van der Waals surface area contributed by atoms with Crippen LogP contribution < -0.4 is 15.0 Å². The van der Waals surface area contributed by atoms with Gasteiger partial charge in [-0.3, -0.25) is 14.7 Å². The molecular formula is C17H20F3N5O2. The molecule has 2 aromatic rings. The van der Waals surface area contributed by atoms with Crippen molar-refractivity contribution in [1.29, 1.82) is 0 Å². The van der Waals surface area contributed by atoms with Crippen molar-refractivity contribution < 1.29 is 22.7 Å². The van der Waals surface area contributed by atoms with Gasteiger partial charge >= 0.3 is 12.1 Å². The van der Waals surface area contributed by atoms with E-state index in [0.29, 0.717) is 38.6 Å². The Bertz CT molecular complexity index is 807. The van der Waals surface area contributed by atoms with Gasteiger partial charge in [0.05, 0.1) is 18.3 Å². The Balaban J connectivity index is 1.58. The maximum Gasteiger partial charge on any atom is 0.471 e. The molecule has 1 aliphatic heterocycles. The lowest BCUT2D eigenvalue weighted by Gasteiger charge is -2.36. The van der Waals surface area contributed by atoms with Gasteiger partial charge in [-0.25, -0.2) is 4.98 Å². The molecule has 0 atom stereocenters. The quantitative estimate of drug-likeness (QED) is 0.843. The minimum Gasteiger partial charge on any atom is -0.481 e. The van der Waals surface area contributed by atoms with Crippen LogP contribution in [-0.4, -0.2) is 73.3 Å². The van der Waals surface area contributed by atoms with E-state index in [-0.39, 0.29) is 6.54 Å². The average Bonchev–Trinajstić information content (AvgIpc) is 2.67. The predicted octanol–water partition coefficient (Wildman–Crippen LogP) is 1.44. The molecule has 3 rings (SSSR count). The van der Waals surface area contributed by atoms with Gasteiger partial charge < -0.3 is 15.0 Å². The van der Waals surface area contributed by atoms with Crippen LogP contribution in [0.1, 0.15) is 0 Å². The topological polar surface area (TPSA) is 70.6 Å². The van der Waals surface area contributed by atoms with Crippen molar-refractivity contribution in [2.45, 2.75) is 6.18 Å². The number of fused-ring (bicyclic) bond motifs is 1. The molecule has 1 saturated heterocycles. The third kappa shape index (κ3) is 4.57. The van der Waals surface area contributed by atoms with E-state index in [9.17, 15) is 18.0 Å². The van der Waals surface area contributed by atoms with Crippen molar-refractivity contribution in [3.05, 3.63) is 24.4 Å². The number of halogens is 3. The largest absolute Gasteiger partial charge is 0.481 e. The van der Waals surface area contributed by atoms with Crippen LogP contribution in [0.2, 0.25) is 0 Å². The van der Waals surface area contributed by atoms with Crippen LogP contribution in [0.25, 0.3) is 11.0 Å². The SMILES string of the molecule is COc1ccc2nccc(N3CCN(CCNC(=O)C(F)(F)F)CC3)c2n1. The van der Waals surface area contributed by atoms with Gasteiger partial charge in [-0.05, 0) is 12.1 Å². The molecule has 146 valence electrons. The minimum absolute atomic E-state index is 0.0325. The summed E-state index contributed by atoms with van der Waals surface area (Å²) in [5, 5.41) is 1.90. The number of rotatable bonds is 5. The van der Waals surface area contributed by atoms with Crippen molar-refractivity contribution in [1.82, 2.24) is 20.2 Å². The molecule has 0 aromatic carbocycles. The molecule has 0 radical (unpaired) electrons. The Labute approximate surface area is 154 Å². The molecule has 7 nitrogen and oxygen atoms in total. The summed E-state index contributed by atoms with van der Waals surface area (Å²) in [5.41, 5.74) is 2.47. The summed E-state index contributed by atoms with van der Waals surface area (Å²) in [5.74, 6) is -1.39. The van der Waals surface area contributed by atoms with Crippen molar-refractivity contribution in [3.8, 4) is 5.88 Å². The summed E-state index contributed by atoms with van der Waals surface area (Å²) in [4.78, 5) is 23.8. The number of nitrogens with one attached hydrogen (secondary N) is 1. The summed E-state index contributed by atoms with van der Waals surface area (Å²) in [6.45, 7) is 3.09. The molecule has 3 heterocycles. The van der Waals surface area contributed by atoms with E-state index in [1.165, 1.54) is 0 Å². The van der Waals surface area contributed by atoms with Crippen LogP contribution in [0.4, 0.5) is 18.9 Å². The van der Waals surface area contributed by atoms with Gasteiger partial charge in [0.1, 0.15) is 5.52 Å². The number of methoxy groups -OCH3 is 1. The highest BCUT2D eigenvalue weighted by atomic mass is 19.4. The zero-order valence-corrected chi connectivity index (χ0v) is 14.8. The van der Waals surface area contributed by atoms with E-state index in [1.807, 2.05) is 22.3 Å². The fraction of sp³-hybridized carbons (Fsp3) is 0.471. The highest BCUT2D eigenvalue weighted by molar-refractivity contribution is 5.88. The van der Waals surface area contributed by atoms with Crippen LogP contribution in [0.5, 0.6) is 5.88 Å². The number of carbonyl (C=O) groups is 1. The van der Waals surface area contributed by atoms with Crippen molar-refractivity contribution in [2.75, 3.05) is 51.3 Å². The zero-order chi connectivity index (χ0) is 19.4. The van der Waals surface area contributed by atoms with Crippen molar-refractivity contribution in [3.63, 3.8) is 0 Å². The molecule has 1 N–H and O–H groups in total. The molecule has 1 fully saturated rings. The maximum absolute atomic E-state index is 12.2. The van der Waals surface area contributed by atoms with Gasteiger partial charge in [-0.2, -0.15) is 13.2 Å². The average molecular weight is 383 g/mol. The Morgan fingerprint density at radius 2 is 1.96 bits per heavy atom. The molecule has 0 spiro atoms. The first-order chi connectivity index (χ1) is 12.9. The molecule has 2 aromatic heterocycles. The summed E-state index contributed by atoms with van der Waals surface area (Å²) < 4.78 is 41.7. The molecule has 0 saturated carbocycles. The van der Waals surface area contributed by atoms with Crippen LogP contribution in [0.15, 0.2) is 24.4 Å². The first kappa shape index (κ1) is 19.2. The van der Waals surface area contributed by atoms with Gasteiger partial charge in [-0.1, -0.05) is 0 Å². The normalized spacial score (nSPS) is 15.8. The van der Waals surface area contributed by atoms with E-state index >= 15 is 0 Å². The van der Waals surface area contributed by atoms with E-state index in [1.54, 1.807) is 19.4 Å². The molecule has 0 unspecified atom stereocenters. The summed E-state index contributed by atoms with van der Waals surface area (Å²) in [7, 11) is 1.56. The number of nitrogens with zero attached hydrogens (tertiary/aromatic N) is 4. The summed E-state index contributed by atoms with van der Waals surface area (Å²) >= 11 is 0. The molecule has 10 heteroatoms. The number of carbonyl (C=O) groups excluding carboxylic acids is 1. The van der Waals surface area contributed by atoms with Crippen molar-refractivity contribution in [2.24, 2.45) is 0 Å². The number of pyridine rings is 2. The third-order valence-corrected chi connectivity index (χ3v) is 4.43. The Morgan fingerprint density at radius 1 is 1.22 bits per heavy atom. The Hall–Kier alpha value is -2.62. The lowest BCUT2D eigenvalue weighted by Crippen LogP contribution is -2.49. The predicted molar refractivity (Wildman–Crippen MR) is 93.8 cm³/mol. The number of aromatic nitrogens is 2. The van der Waals surface area contributed by atoms with Crippen LogP contribution in [0.3, 0.4) is 0 Å². The second kappa shape index (κ2) is 7.95. The number of ether oxygens (including phenoxy) is 1. The van der Waals surface area contributed by atoms with E-state index in [0.717, 1.165) is 16.7 Å². The lowest BCUT2D eigenvalue weighted by atomic mass is 10.2. The van der Waals surface area contributed by atoms with Gasteiger partial charge in [0, 0.05) is 51.5 Å². The molecule has 1 aliphatic rings. The number of amides is 1. The number of hydrogen-bond donors (Lipinski definition) is 1. The van der Waals surface area contributed by atoms with E-state index < -0.39 is 12.1 Å². The second-order valence-electron chi connectivity index (χ2n) is 6.13. The Kier molecular flexibility index (Phi) is 5.64. The van der Waals surface area contributed by atoms with E-state index in [2.05, 4.69) is 14.9 Å². The zero-order valence-electron chi connectivity index (χ0n) is 14.8. The monoisotopic (exact) mass is 383 g/mol. The van der Waals surface area contributed by atoms with Gasteiger partial charge in [0.15, 0.2) is 0 Å². The lowest BCUT2D eigenvalue weighted by molar-refractivity contribution is -0.173. The third-order valence-electron chi connectivity index (χ3n) is 4.43. The molecule has 1 amide bonds. The molecular weight excluding hydrogens is 363 g/mol. The number of alkyl halides is 3. The highest BCUT2D eigenvalue weighted by Crippen LogP contribution is 2.26. The fourth-order valence-electron chi connectivity index (χ4n) is 3.00. The summed E-state index contributed by atoms with van der Waals surface area (Å²) in [6, 6.07) is 5.50. The molecule has 27 heavy (non-hydrogen) atoms. The summed E-state index contributed by atoms with van der Waals surface area (Å²) in [6.07, 6.45) is -3.11. The van der Waals surface area contributed by atoms with E-state index in [4.69, 9.17) is 4.74 Å². The second-order valence-corrected chi connectivity index (χ2v) is 6.13. The fourth-order valence-corrected chi connectivity index (χ4v) is 3.00. The van der Waals surface area contributed by atoms with Gasteiger partial charge in [-0.15, -0.1) is 0 Å². The highest BCUT2D eigenvalue weighted by Gasteiger charge is 2.38. The van der Waals surface area contributed by atoms with Crippen LogP contribution >= 0.6 is 0 Å². The Morgan fingerprint density at radius 3 is 2.63 bits per heavy atom. The smallest absolute Gasteiger partial charge is 0.471 e. The number of anilines is 1.